The number of fused-ring (bicyclic) bond motifs is 3. The zero-order chi connectivity index (χ0) is 23.4. The van der Waals surface area contributed by atoms with Crippen LogP contribution < -0.4 is 10.1 Å². The minimum Gasteiger partial charge on any atom is -0.486 e. The molecule has 1 aromatic rings. The summed E-state index contributed by atoms with van der Waals surface area (Å²) in [6.45, 7) is 8.42. The number of carbonyl (C=O) groups excluding carboxylic acids is 1. The average Bonchev–Trinajstić information content (AvgIpc) is 3.06. The van der Waals surface area contributed by atoms with Gasteiger partial charge in [0.15, 0.2) is 0 Å². The number of amides is 1. The molecule has 1 amide bonds. The van der Waals surface area contributed by atoms with Gasteiger partial charge in [-0.25, -0.2) is 0 Å². The van der Waals surface area contributed by atoms with Gasteiger partial charge in [0.2, 0.25) is 0 Å². The monoisotopic (exact) mass is 515 g/mol. The number of carbonyl (C=O) groups is 1. The Bertz CT molecular complexity index is 1010. The van der Waals surface area contributed by atoms with Gasteiger partial charge < -0.3 is 15.2 Å². The molecule has 1 aromatic carbocycles. The van der Waals surface area contributed by atoms with Crippen LogP contribution >= 0.6 is 15.9 Å². The summed E-state index contributed by atoms with van der Waals surface area (Å²) in [6.07, 6.45) is -2.71. The molecule has 2 heterocycles. The van der Waals surface area contributed by atoms with Crippen molar-refractivity contribution in [3.05, 3.63) is 28.3 Å². The van der Waals surface area contributed by atoms with Crippen molar-refractivity contribution in [3.63, 3.8) is 0 Å². The summed E-state index contributed by atoms with van der Waals surface area (Å²) in [7, 11) is 0. The average molecular weight is 516 g/mol. The molecule has 32 heavy (non-hydrogen) atoms. The van der Waals surface area contributed by atoms with Gasteiger partial charge in [-0.15, -0.1) is 0 Å². The maximum atomic E-state index is 14.2. The lowest BCUT2D eigenvalue weighted by Crippen LogP contribution is -2.72. The van der Waals surface area contributed by atoms with Crippen LogP contribution in [0.3, 0.4) is 0 Å². The van der Waals surface area contributed by atoms with E-state index in [1.807, 2.05) is 13.8 Å². The van der Waals surface area contributed by atoms with Gasteiger partial charge in [0.1, 0.15) is 11.4 Å². The lowest BCUT2D eigenvalue weighted by atomic mass is 9.43. The van der Waals surface area contributed by atoms with E-state index in [1.54, 1.807) is 0 Å². The fraction of sp³-hybridized carbons (Fsp3) is 0.708. The third kappa shape index (κ3) is 2.68. The molecule has 2 aliphatic heterocycles. The molecule has 5 rings (SSSR count). The van der Waals surface area contributed by atoms with Crippen LogP contribution in [0.1, 0.15) is 74.0 Å². The SMILES string of the molecule is C[C@H]1CC[C@H]2C(C)(C)[C@@H](O)[C@H](Br)C[C@]23Oc2c4c(cc(C(F)(F)F)c2C[C@]13C)C(=O)NC4. The number of aliphatic hydroxyl groups is 1. The molecular weight excluding hydrogens is 487 g/mol. The molecule has 0 bridgehead atoms. The number of hydrogen-bond acceptors (Lipinski definition) is 3. The number of hydrogen-bond donors (Lipinski definition) is 2. The Kier molecular flexibility index (Phi) is 4.68. The highest BCUT2D eigenvalue weighted by Gasteiger charge is 2.69. The van der Waals surface area contributed by atoms with E-state index in [0.29, 0.717) is 12.0 Å². The van der Waals surface area contributed by atoms with Crippen LogP contribution in [-0.2, 0) is 19.1 Å². The number of nitrogens with one attached hydrogen (secondary N) is 1. The van der Waals surface area contributed by atoms with Crippen molar-refractivity contribution in [2.75, 3.05) is 0 Å². The van der Waals surface area contributed by atoms with Gasteiger partial charge in [-0.05, 0) is 36.7 Å². The summed E-state index contributed by atoms with van der Waals surface area (Å²) in [6, 6.07) is 1.01. The molecule has 176 valence electrons. The second-order valence-corrected chi connectivity index (χ2v) is 12.2. The number of ether oxygens (including phenoxy) is 1. The van der Waals surface area contributed by atoms with Gasteiger partial charge in [0, 0.05) is 45.8 Å². The van der Waals surface area contributed by atoms with E-state index in [-0.39, 0.29) is 46.5 Å². The largest absolute Gasteiger partial charge is 0.486 e. The summed E-state index contributed by atoms with van der Waals surface area (Å²) >= 11 is 3.67. The second kappa shape index (κ2) is 6.65. The number of halogens is 4. The van der Waals surface area contributed by atoms with Gasteiger partial charge in [0.25, 0.3) is 5.91 Å². The maximum Gasteiger partial charge on any atom is 0.416 e. The predicted octanol–water partition coefficient (Wildman–Crippen LogP) is 5.23. The third-order valence-corrected chi connectivity index (χ3v) is 10.1. The van der Waals surface area contributed by atoms with Crippen LogP contribution in [0.25, 0.3) is 0 Å². The van der Waals surface area contributed by atoms with Gasteiger partial charge in [-0.1, -0.05) is 43.6 Å². The molecule has 0 saturated heterocycles. The molecule has 2 aliphatic carbocycles. The first-order valence-electron chi connectivity index (χ1n) is 11.3. The minimum atomic E-state index is -4.58. The van der Waals surface area contributed by atoms with Gasteiger partial charge in [-0.3, -0.25) is 4.79 Å². The molecule has 4 nitrogen and oxygen atoms in total. The quantitative estimate of drug-likeness (QED) is 0.465. The maximum absolute atomic E-state index is 14.2. The van der Waals surface area contributed by atoms with Crippen LogP contribution in [0.5, 0.6) is 5.75 Å². The van der Waals surface area contributed by atoms with Crippen molar-refractivity contribution >= 4 is 21.8 Å². The molecule has 2 fully saturated rings. The summed E-state index contributed by atoms with van der Waals surface area (Å²) in [5.41, 5.74) is -1.77. The molecule has 6 atom stereocenters. The molecule has 8 heteroatoms. The highest BCUT2D eigenvalue weighted by Crippen LogP contribution is 2.67. The molecular formula is C24H29BrF3NO3. The van der Waals surface area contributed by atoms with Crippen LogP contribution in [0.4, 0.5) is 13.2 Å². The molecule has 0 aromatic heterocycles. The number of rotatable bonds is 0. The van der Waals surface area contributed by atoms with Crippen molar-refractivity contribution in [1.29, 1.82) is 0 Å². The van der Waals surface area contributed by atoms with Crippen molar-refractivity contribution in [2.45, 2.75) is 82.6 Å². The van der Waals surface area contributed by atoms with E-state index >= 15 is 0 Å². The summed E-state index contributed by atoms with van der Waals surface area (Å²) in [5, 5.41) is 13.7. The van der Waals surface area contributed by atoms with Crippen LogP contribution in [0, 0.1) is 22.7 Å². The van der Waals surface area contributed by atoms with E-state index < -0.39 is 40.2 Å². The van der Waals surface area contributed by atoms with Gasteiger partial charge in [0.05, 0.1) is 11.7 Å². The van der Waals surface area contributed by atoms with E-state index in [1.165, 1.54) is 0 Å². The molecule has 0 unspecified atom stereocenters. The predicted molar refractivity (Wildman–Crippen MR) is 117 cm³/mol. The van der Waals surface area contributed by atoms with E-state index in [4.69, 9.17) is 4.74 Å². The number of aliphatic hydroxyl groups excluding tert-OH is 1. The first-order chi connectivity index (χ1) is 14.7. The highest BCUT2D eigenvalue weighted by molar-refractivity contribution is 9.09. The number of benzene rings is 1. The lowest BCUT2D eigenvalue weighted by Gasteiger charge is -2.67. The van der Waals surface area contributed by atoms with Gasteiger partial charge >= 0.3 is 6.18 Å². The smallest absolute Gasteiger partial charge is 0.416 e. The zero-order valence-electron chi connectivity index (χ0n) is 18.7. The minimum absolute atomic E-state index is 0.0246. The Hall–Kier alpha value is -1.28. The summed E-state index contributed by atoms with van der Waals surface area (Å²) < 4.78 is 49.3. The van der Waals surface area contributed by atoms with Crippen LogP contribution in [0.2, 0.25) is 0 Å². The molecule has 2 saturated carbocycles. The van der Waals surface area contributed by atoms with E-state index in [9.17, 15) is 23.1 Å². The molecule has 4 aliphatic rings. The first-order valence-corrected chi connectivity index (χ1v) is 12.2. The second-order valence-electron chi connectivity index (χ2n) is 11.0. The highest BCUT2D eigenvalue weighted by atomic mass is 79.9. The number of alkyl halides is 4. The van der Waals surface area contributed by atoms with Crippen LogP contribution in [-0.4, -0.2) is 27.5 Å². The summed E-state index contributed by atoms with van der Waals surface area (Å²) in [4.78, 5) is 12.1. The molecule has 0 radical (unpaired) electrons. The van der Waals surface area contributed by atoms with Crippen molar-refractivity contribution < 1.29 is 27.8 Å². The Morgan fingerprint density at radius 3 is 2.56 bits per heavy atom. The van der Waals surface area contributed by atoms with Crippen molar-refractivity contribution in [3.8, 4) is 5.75 Å². The van der Waals surface area contributed by atoms with Crippen molar-refractivity contribution in [1.82, 2.24) is 5.32 Å². The summed E-state index contributed by atoms with van der Waals surface area (Å²) in [5.74, 6) is -0.138. The third-order valence-electron chi connectivity index (χ3n) is 9.30. The fourth-order valence-electron chi connectivity index (χ4n) is 7.25. The first kappa shape index (κ1) is 22.5. The topological polar surface area (TPSA) is 58.6 Å². The fourth-order valence-corrected chi connectivity index (χ4v) is 8.41. The standard InChI is InChI=1S/C24H29BrF3NO3/c1-11-5-6-17-21(2,3)19(30)16(25)9-23(17)22(11,4)8-13-15(24(26,27)28)7-12-14(18(13)32-23)10-29-20(12)31/h7,11,16-17,19,30H,5-6,8-10H2,1-4H3,(H,29,31)/t11-,16+,17-,19-,22+,23-/m0/s1. The normalized spacial score (nSPS) is 39.8. The van der Waals surface area contributed by atoms with Crippen LogP contribution in [0.15, 0.2) is 6.07 Å². The molecule has 1 spiro atoms. The Balaban J connectivity index is 1.79. The Labute approximate surface area is 194 Å². The lowest BCUT2D eigenvalue weighted by molar-refractivity contribution is -0.231. The van der Waals surface area contributed by atoms with Crippen molar-refractivity contribution in [2.24, 2.45) is 22.7 Å². The zero-order valence-corrected chi connectivity index (χ0v) is 20.3. The van der Waals surface area contributed by atoms with E-state index in [0.717, 1.165) is 18.9 Å². The van der Waals surface area contributed by atoms with Gasteiger partial charge in [-0.2, -0.15) is 13.2 Å². The Morgan fingerprint density at radius 2 is 1.91 bits per heavy atom. The molecule has 2 N–H and O–H groups in total. The van der Waals surface area contributed by atoms with E-state index in [2.05, 4.69) is 35.1 Å². The Morgan fingerprint density at radius 1 is 1.22 bits per heavy atom.